The number of carbonyl (C=O) groups is 1. The van der Waals surface area contributed by atoms with Gasteiger partial charge in [0.1, 0.15) is 11.5 Å². The van der Waals surface area contributed by atoms with Crippen molar-refractivity contribution >= 4 is 11.9 Å². The Kier molecular flexibility index (Phi) is 5.58. The number of nitrogens with zero attached hydrogens (tertiary/aromatic N) is 3. The number of piperidine rings is 1. The Bertz CT molecular complexity index is 737. The summed E-state index contributed by atoms with van der Waals surface area (Å²) in [6.45, 7) is 3.21. The topological polar surface area (TPSA) is 58.1 Å². The lowest BCUT2D eigenvalue weighted by Crippen LogP contribution is -2.40. The highest BCUT2D eigenvalue weighted by Crippen LogP contribution is 2.23. The number of halogens is 1. The van der Waals surface area contributed by atoms with Crippen LogP contribution in [0.5, 0.6) is 0 Å². The van der Waals surface area contributed by atoms with E-state index >= 15 is 0 Å². The number of anilines is 1. The zero-order chi connectivity index (χ0) is 17.6. The van der Waals surface area contributed by atoms with Gasteiger partial charge in [0.05, 0.1) is 0 Å². The molecule has 0 saturated carbocycles. The highest BCUT2D eigenvalue weighted by molar-refractivity contribution is 5.92. The number of carbonyl (C=O) groups excluding carboxylic acids is 1. The minimum Gasteiger partial charge on any atom is -0.347 e. The van der Waals surface area contributed by atoms with Crippen molar-refractivity contribution in [2.45, 2.75) is 45.2 Å². The second-order valence-electron chi connectivity index (χ2n) is 6.27. The molecule has 132 valence electrons. The molecule has 0 radical (unpaired) electrons. The molecule has 0 bridgehead atoms. The van der Waals surface area contributed by atoms with Crippen molar-refractivity contribution in [1.29, 1.82) is 0 Å². The van der Waals surface area contributed by atoms with Crippen LogP contribution in [0.2, 0.25) is 0 Å². The van der Waals surface area contributed by atoms with Gasteiger partial charge in [-0.05, 0) is 37.8 Å². The summed E-state index contributed by atoms with van der Waals surface area (Å²) in [5.74, 6) is -0.0488. The summed E-state index contributed by atoms with van der Waals surface area (Å²) in [4.78, 5) is 23.4. The van der Waals surface area contributed by atoms with Crippen LogP contribution in [0.15, 0.2) is 36.5 Å². The first kappa shape index (κ1) is 17.3. The molecule has 1 atom stereocenters. The van der Waals surface area contributed by atoms with Crippen molar-refractivity contribution < 1.29 is 9.18 Å². The Morgan fingerprint density at radius 1 is 1.32 bits per heavy atom. The molecule has 2 aromatic rings. The molecule has 1 N–H and O–H groups in total. The predicted molar refractivity (Wildman–Crippen MR) is 94.9 cm³/mol. The van der Waals surface area contributed by atoms with Gasteiger partial charge in [-0.3, -0.25) is 4.79 Å². The Labute approximate surface area is 147 Å². The Hall–Kier alpha value is -2.50. The number of amides is 1. The minimum atomic E-state index is -0.328. The number of hydrogen-bond acceptors (Lipinski definition) is 4. The summed E-state index contributed by atoms with van der Waals surface area (Å²) in [6.07, 6.45) is 6.11. The number of nitrogens with one attached hydrogen (secondary N) is 1. The van der Waals surface area contributed by atoms with E-state index in [1.807, 2.05) is 0 Å². The van der Waals surface area contributed by atoms with Gasteiger partial charge < -0.3 is 10.2 Å². The molecular formula is C19H23FN4O. The lowest BCUT2D eigenvalue weighted by molar-refractivity contribution is 0.0945. The Morgan fingerprint density at radius 2 is 2.16 bits per heavy atom. The highest BCUT2D eigenvalue weighted by Gasteiger charge is 2.23. The quantitative estimate of drug-likeness (QED) is 0.906. The molecule has 0 aliphatic carbocycles. The molecule has 3 rings (SSSR count). The van der Waals surface area contributed by atoms with Gasteiger partial charge in [0.25, 0.3) is 5.91 Å². The first-order valence-corrected chi connectivity index (χ1v) is 8.80. The third kappa shape index (κ3) is 4.13. The van der Waals surface area contributed by atoms with E-state index in [2.05, 4.69) is 27.1 Å². The summed E-state index contributed by atoms with van der Waals surface area (Å²) in [5.41, 5.74) is 0.758. The monoisotopic (exact) mass is 342 g/mol. The van der Waals surface area contributed by atoms with Gasteiger partial charge in [0.2, 0.25) is 5.95 Å². The fraction of sp³-hybridized carbons (Fsp3) is 0.421. The SMILES string of the molecule is CCC1CCCCN1c1nccc(C(=O)NCc2ccccc2F)n1. The van der Waals surface area contributed by atoms with Crippen LogP contribution in [0, 0.1) is 5.82 Å². The summed E-state index contributed by atoms with van der Waals surface area (Å²) < 4.78 is 13.6. The molecule has 1 aromatic heterocycles. The fourth-order valence-corrected chi connectivity index (χ4v) is 3.21. The maximum Gasteiger partial charge on any atom is 0.270 e. The van der Waals surface area contributed by atoms with Gasteiger partial charge in [0, 0.05) is 30.9 Å². The normalized spacial score (nSPS) is 17.4. The maximum atomic E-state index is 13.6. The van der Waals surface area contributed by atoms with Gasteiger partial charge >= 0.3 is 0 Å². The van der Waals surface area contributed by atoms with Crippen molar-refractivity contribution in [2.24, 2.45) is 0 Å². The molecular weight excluding hydrogens is 319 g/mol. The van der Waals surface area contributed by atoms with Gasteiger partial charge in [-0.2, -0.15) is 0 Å². The van der Waals surface area contributed by atoms with Crippen LogP contribution in [0.3, 0.4) is 0 Å². The maximum absolute atomic E-state index is 13.6. The molecule has 1 saturated heterocycles. The third-order valence-corrected chi connectivity index (χ3v) is 4.63. The fourth-order valence-electron chi connectivity index (χ4n) is 3.21. The summed E-state index contributed by atoms with van der Waals surface area (Å²) in [5, 5.41) is 2.72. The summed E-state index contributed by atoms with van der Waals surface area (Å²) in [6, 6.07) is 8.41. The van der Waals surface area contributed by atoms with Crippen molar-refractivity contribution in [3.05, 3.63) is 53.6 Å². The largest absolute Gasteiger partial charge is 0.347 e. The molecule has 1 aliphatic rings. The van der Waals surface area contributed by atoms with Crippen molar-refractivity contribution in [3.8, 4) is 0 Å². The van der Waals surface area contributed by atoms with Crippen molar-refractivity contribution in [1.82, 2.24) is 15.3 Å². The molecule has 5 nitrogen and oxygen atoms in total. The smallest absolute Gasteiger partial charge is 0.270 e. The highest BCUT2D eigenvalue weighted by atomic mass is 19.1. The second kappa shape index (κ2) is 8.05. The van der Waals surface area contributed by atoms with E-state index in [0.717, 1.165) is 25.8 Å². The lowest BCUT2D eigenvalue weighted by Gasteiger charge is -2.35. The number of aromatic nitrogens is 2. The van der Waals surface area contributed by atoms with E-state index in [0.29, 0.717) is 23.2 Å². The van der Waals surface area contributed by atoms with Crippen molar-refractivity contribution in [2.75, 3.05) is 11.4 Å². The molecule has 6 heteroatoms. The average Bonchev–Trinajstić information content (AvgIpc) is 2.67. The van der Waals surface area contributed by atoms with Gasteiger partial charge in [-0.15, -0.1) is 0 Å². The van der Waals surface area contributed by atoms with Gasteiger partial charge in [-0.1, -0.05) is 25.1 Å². The average molecular weight is 342 g/mol. The van der Waals surface area contributed by atoms with Crippen LogP contribution < -0.4 is 10.2 Å². The molecule has 25 heavy (non-hydrogen) atoms. The molecule has 2 heterocycles. The van der Waals surface area contributed by atoms with Crippen LogP contribution in [0.25, 0.3) is 0 Å². The summed E-state index contributed by atoms with van der Waals surface area (Å²) in [7, 11) is 0. The standard InChI is InChI=1S/C19H23FN4O/c1-2-15-8-5-6-12-24(15)19-21-11-10-17(23-19)18(25)22-13-14-7-3-4-9-16(14)20/h3-4,7,9-11,15H,2,5-6,8,12-13H2,1H3,(H,22,25). The molecule has 1 aromatic carbocycles. The third-order valence-electron chi connectivity index (χ3n) is 4.63. The van der Waals surface area contributed by atoms with Crippen LogP contribution in [-0.4, -0.2) is 28.5 Å². The van der Waals surface area contributed by atoms with Gasteiger partial charge in [-0.25, -0.2) is 14.4 Å². The number of hydrogen-bond donors (Lipinski definition) is 1. The lowest BCUT2D eigenvalue weighted by atomic mass is 10.0. The van der Waals surface area contributed by atoms with Crippen LogP contribution in [0.1, 0.15) is 48.7 Å². The van der Waals surface area contributed by atoms with E-state index in [-0.39, 0.29) is 18.3 Å². The minimum absolute atomic E-state index is 0.131. The van der Waals surface area contributed by atoms with Crippen LogP contribution in [-0.2, 0) is 6.54 Å². The van der Waals surface area contributed by atoms with Crippen molar-refractivity contribution in [3.63, 3.8) is 0 Å². The molecule has 0 spiro atoms. The first-order valence-electron chi connectivity index (χ1n) is 8.80. The van der Waals surface area contributed by atoms with E-state index < -0.39 is 0 Å². The molecule has 1 fully saturated rings. The summed E-state index contributed by atoms with van der Waals surface area (Å²) >= 11 is 0. The molecule has 1 aliphatic heterocycles. The Morgan fingerprint density at radius 3 is 2.96 bits per heavy atom. The first-order chi connectivity index (χ1) is 12.2. The number of rotatable bonds is 5. The Balaban J connectivity index is 1.70. The molecule has 1 unspecified atom stereocenters. The van der Waals surface area contributed by atoms with Crippen LogP contribution >= 0.6 is 0 Å². The second-order valence-corrected chi connectivity index (χ2v) is 6.27. The van der Waals surface area contributed by atoms with E-state index in [9.17, 15) is 9.18 Å². The molecule has 1 amide bonds. The van der Waals surface area contributed by atoms with Crippen LogP contribution in [0.4, 0.5) is 10.3 Å². The predicted octanol–water partition coefficient (Wildman–Crippen LogP) is 3.31. The zero-order valence-corrected chi connectivity index (χ0v) is 14.4. The van der Waals surface area contributed by atoms with E-state index in [4.69, 9.17) is 0 Å². The zero-order valence-electron chi connectivity index (χ0n) is 14.4. The van der Waals surface area contributed by atoms with E-state index in [1.165, 1.54) is 12.5 Å². The van der Waals surface area contributed by atoms with E-state index in [1.54, 1.807) is 30.5 Å². The number of benzene rings is 1. The van der Waals surface area contributed by atoms with Gasteiger partial charge in [0.15, 0.2) is 0 Å².